The number of hydrogen-bond donors (Lipinski definition) is 2. The Hall–Kier alpha value is -3.34. The van der Waals surface area contributed by atoms with Gasteiger partial charge in [-0.15, -0.1) is 0 Å². The van der Waals surface area contributed by atoms with E-state index in [1.807, 2.05) is 4.90 Å². The molecular formula is C28H35F3N4O4. The molecule has 212 valence electrons. The highest BCUT2D eigenvalue weighted by Crippen LogP contribution is 2.43. The molecule has 3 N–H and O–H groups in total. The van der Waals surface area contributed by atoms with Gasteiger partial charge in [0.25, 0.3) is 5.91 Å². The molecule has 0 radical (unpaired) electrons. The summed E-state index contributed by atoms with van der Waals surface area (Å²) in [5, 5.41) is 7.12. The largest absolute Gasteiger partial charge is 0.490 e. The number of rotatable bonds is 3. The average molecular weight is 549 g/mol. The molecule has 2 saturated heterocycles. The van der Waals surface area contributed by atoms with Crippen molar-refractivity contribution in [3.05, 3.63) is 53.3 Å². The lowest BCUT2D eigenvalue weighted by molar-refractivity contribution is -0.192. The first kappa shape index (κ1) is 28.7. The number of anilines is 1. The summed E-state index contributed by atoms with van der Waals surface area (Å²) in [6.45, 7) is 9.13. The molecule has 5 rings (SSSR count). The van der Waals surface area contributed by atoms with Crippen molar-refractivity contribution in [3.63, 3.8) is 0 Å². The number of pyridine rings is 1. The van der Waals surface area contributed by atoms with Gasteiger partial charge in [-0.1, -0.05) is 18.2 Å². The molecular weight excluding hydrogens is 513 g/mol. The molecule has 11 heteroatoms. The average Bonchev–Trinajstić information content (AvgIpc) is 3.20. The van der Waals surface area contributed by atoms with Crippen molar-refractivity contribution in [2.75, 3.05) is 31.9 Å². The maximum atomic E-state index is 12.8. The Morgan fingerprint density at radius 3 is 2.28 bits per heavy atom. The van der Waals surface area contributed by atoms with Crippen molar-refractivity contribution in [1.82, 2.24) is 14.8 Å². The van der Waals surface area contributed by atoms with Crippen molar-refractivity contribution in [2.45, 2.75) is 64.3 Å². The van der Waals surface area contributed by atoms with E-state index in [4.69, 9.17) is 20.4 Å². The van der Waals surface area contributed by atoms with Gasteiger partial charge in [-0.25, -0.2) is 4.79 Å². The number of likely N-dealkylation sites (tertiary alicyclic amines) is 2. The molecule has 2 aromatic rings. The van der Waals surface area contributed by atoms with Crippen LogP contribution in [-0.2, 0) is 17.8 Å². The van der Waals surface area contributed by atoms with E-state index in [-0.39, 0.29) is 11.5 Å². The van der Waals surface area contributed by atoms with Crippen LogP contribution in [0.2, 0.25) is 0 Å². The zero-order valence-electron chi connectivity index (χ0n) is 22.3. The highest BCUT2D eigenvalue weighted by atomic mass is 19.4. The third-order valence-electron chi connectivity index (χ3n) is 7.84. The first-order valence-corrected chi connectivity index (χ1v) is 13.1. The molecule has 1 aromatic heterocycles. The first-order valence-electron chi connectivity index (χ1n) is 13.1. The molecule has 0 atom stereocenters. The molecule has 8 nitrogen and oxygen atoms in total. The fourth-order valence-corrected chi connectivity index (χ4v) is 5.64. The predicted octanol–water partition coefficient (Wildman–Crippen LogP) is 4.53. The molecule has 0 unspecified atom stereocenters. The summed E-state index contributed by atoms with van der Waals surface area (Å²) in [6.07, 6.45) is 2.07. The Balaban J connectivity index is 0.000000448. The number of fused-ring (bicyclic) bond motifs is 1. The van der Waals surface area contributed by atoms with E-state index in [1.165, 1.54) is 24.0 Å². The van der Waals surface area contributed by atoms with E-state index in [9.17, 15) is 18.0 Å². The quantitative estimate of drug-likeness (QED) is 0.580. The molecule has 39 heavy (non-hydrogen) atoms. The lowest BCUT2D eigenvalue weighted by atomic mass is 9.71. The second-order valence-corrected chi connectivity index (χ2v) is 11.3. The van der Waals surface area contributed by atoms with Gasteiger partial charge in [0.2, 0.25) is 0 Å². The molecule has 1 spiro atoms. The molecule has 0 saturated carbocycles. The minimum Gasteiger partial charge on any atom is -0.487 e. The van der Waals surface area contributed by atoms with Crippen LogP contribution < -0.4 is 10.5 Å². The number of carboxylic acids is 1. The van der Waals surface area contributed by atoms with Crippen LogP contribution in [0.4, 0.5) is 18.9 Å². The summed E-state index contributed by atoms with van der Waals surface area (Å²) in [5.41, 5.74) is 9.79. The first-order chi connectivity index (χ1) is 18.3. The number of aliphatic carboxylic acids is 1. The zero-order chi connectivity index (χ0) is 28.4. The van der Waals surface area contributed by atoms with Gasteiger partial charge in [0, 0.05) is 43.5 Å². The summed E-state index contributed by atoms with van der Waals surface area (Å²) in [4.78, 5) is 30.4. The molecule has 1 aromatic carbocycles. The van der Waals surface area contributed by atoms with Crippen LogP contribution in [0.5, 0.6) is 5.75 Å². The second kappa shape index (κ2) is 11.0. The number of piperidine rings is 2. The molecule has 3 aliphatic rings. The summed E-state index contributed by atoms with van der Waals surface area (Å²) in [5.74, 6) is -1.64. The number of benzene rings is 1. The Bertz CT molecular complexity index is 1200. The van der Waals surface area contributed by atoms with Crippen LogP contribution >= 0.6 is 0 Å². The summed E-state index contributed by atoms with van der Waals surface area (Å²) < 4.78 is 38.0. The van der Waals surface area contributed by atoms with Crippen LogP contribution in [0.3, 0.4) is 0 Å². The summed E-state index contributed by atoms with van der Waals surface area (Å²) >= 11 is 0. The van der Waals surface area contributed by atoms with Gasteiger partial charge < -0.3 is 20.5 Å². The number of hydrogen-bond acceptors (Lipinski definition) is 6. The van der Waals surface area contributed by atoms with Crippen LogP contribution in [0, 0.1) is 5.41 Å². The van der Waals surface area contributed by atoms with E-state index >= 15 is 0 Å². The number of halogens is 3. The number of carboxylic acid groups (broad SMARTS) is 1. The molecule has 4 heterocycles. The third kappa shape index (κ3) is 7.00. The fourth-order valence-electron chi connectivity index (χ4n) is 5.64. The van der Waals surface area contributed by atoms with Gasteiger partial charge in [-0.3, -0.25) is 14.7 Å². The van der Waals surface area contributed by atoms with Gasteiger partial charge in [0.15, 0.2) is 0 Å². The Morgan fingerprint density at radius 1 is 1.08 bits per heavy atom. The van der Waals surface area contributed by atoms with Gasteiger partial charge in [-0.05, 0) is 75.7 Å². The van der Waals surface area contributed by atoms with E-state index in [0.717, 1.165) is 57.7 Å². The summed E-state index contributed by atoms with van der Waals surface area (Å²) in [7, 11) is 0. The Labute approximate surface area is 225 Å². The number of nitrogen functional groups attached to an aromatic ring is 1. The molecule has 2 fully saturated rings. The van der Waals surface area contributed by atoms with Crippen molar-refractivity contribution in [2.24, 2.45) is 5.41 Å². The van der Waals surface area contributed by atoms with Crippen LogP contribution in [0.25, 0.3) is 0 Å². The molecule has 0 aliphatic carbocycles. The van der Waals surface area contributed by atoms with Crippen molar-refractivity contribution >= 4 is 17.6 Å². The number of aromatic nitrogens is 1. The highest BCUT2D eigenvalue weighted by molar-refractivity contribution is 5.93. The predicted molar refractivity (Wildman–Crippen MR) is 139 cm³/mol. The molecule has 1 amide bonds. The zero-order valence-corrected chi connectivity index (χ0v) is 22.3. The number of amides is 1. The van der Waals surface area contributed by atoms with Crippen molar-refractivity contribution in [3.8, 4) is 5.75 Å². The van der Waals surface area contributed by atoms with Crippen LogP contribution in [-0.4, -0.2) is 69.7 Å². The smallest absolute Gasteiger partial charge is 0.487 e. The monoisotopic (exact) mass is 548 g/mol. The van der Waals surface area contributed by atoms with Crippen molar-refractivity contribution in [1.29, 1.82) is 0 Å². The SMILES string of the molecule is CC1(C)Cc2cccc(CN3CCC4(CC3)CCN(C(=O)c3cc(N)ccn3)CC4)c2O1.O=C(O)C(F)(F)F. The topological polar surface area (TPSA) is 109 Å². The van der Waals surface area contributed by atoms with Gasteiger partial charge in [-0.2, -0.15) is 13.2 Å². The molecule has 0 bridgehead atoms. The lowest BCUT2D eigenvalue weighted by Gasteiger charge is -2.47. The third-order valence-corrected chi connectivity index (χ3v) is 7.84. The number of alkyl halides is 3. The maximum Gasteiger partial charge on any atom is 0.490 e. The van der Waals surface area contributed by atoms with E-state index < -0.39 is 12.1 Å². The standard InChI is InChI=1S/C26H34N4O2.C2HF3O2/c1-25(2)17-19-4-3-5-20(23(19)32-25)18-29-12-7-26(8-13-29)9-14-30(15-10-26)24(31)22-16-21(27)6-11-28-22;3-2(4,5)1(6)7/h3-6,11,16H,7-10,12-15,17-18H2,1-2H3,(H2,27,28);(H,6,7). The Morgan fingerprint density at radius 2 is 1.69 bits per heavy atom. The number of ether oxygens (including phenoxy) is 1. The van der Waals surface area contributed by atoms with Crippen LogP contribution in [0.15, 0.2) is 36.5 Å². The normalized spacial score (nSPS) is 20.0. The lowest BCUT2D eigenvalue weighted by Crippen LogP contribution is -2.48. The highest BCUT2D eigenvalue weighted by Gasteiger charge is 2.40. The second-order valence-electron chi connectivity index (χ2n) is 11.3. The van der Waals surface area contributed by atoms with Gasteiger partial charge in [0.1, 0.15) is 17.0 Å². The number of para-hydroxylation sites is 1. The van der Waals surface area contributed by atoms with E-state index in [1.54, 1.807) is 18.3 Å². The minimum atomic E-state index is -5.08. The number of nitrogens with zero attached hydrogens (tertiary/aromatic N) is 3. The minimum absolute atomic E-state index is 0.00504. The van der Waals surface area contributed by atoms with Gasteiger partial charge in [0.05, 0.1) is 0 Å². The van der Waals surface area contributed by atoms with E-state index in [0.29, 0.717) is 16.8 Å². The fraction of sp³-hybridized carbons (Fsp3) is 0.536. The maximum absolute atomic E-state index is 12.8. The van der Waals surface area contributed by atoms with Crippen LogP contribution in [0.1, 0.15) is 61.1 Å². The Kier molecular flexibility index (Phi) is 8.11. The number of carbonyl (C=O) groups excluding carboxylic acids is 1. The molecule has 3 aliphatic heterocycles. The number of nitrogens with two attached hydrogens (primary N) is 1. The van der Waals surface area contributed by atoms with E-state index in [2.05, 4.69) is 41.9 Å². The van der Waals surface area contributed by atoms with Crippen molar-refractivity contribution < 1.29 is 32.6 Å². The van der Waals surface area contributed by atoms with Gasteiger partial charge >= 0.3 is 12.1 Å². The number of carbonyl (C=O) groups is 2. The summed E-state index contributed by atoms with van der Waals surface area (Å²) in [6, 6.07) is 9.99.